The normalized spacial score (nSPS) is 9.62. The Hall–Kier alpha value is -1.02. The van der Waals surface area contributed by atoms with Crippen molar-refractivity contribution in [1.82, 2.24) is 4.90 Å². The fourth-order valence-corrected chi connectivity index (χ4v) is 1.21. The quantitative estimate of drug-likeness (QED) is 0.710. The van der Waals surface area contributed by atoms with Crippen LogP contribution in [0.1, 0.15) is 25.8 Å². The maximum atomic E-state index is 5.58. The molecule has 0 bridgehead atoms. The summed E-state index contributed by atoms with van der Waals surface area (Å²) >= 11 is 0. The minimum absolute atomic E-state index is 0.793. The van der Waals surface area contributed by atoms with Crippen LogP contribution in [0.15, 0.2) is 24.3 Å². The van der Waals surface area contributed by atoms with Crippen molar-refractivity contribution in [2.75, 3.05) is 27.2 Å². The molecular weight excluding hydrogens is 198 g/mol. The summed E-state index contributed by atoms with van der Waals surface area (Å²) in [5.74, 6) is 0.967. The van der Waals surface area contributed by atoms with Crippen molar-refractivity contribution in [3.05, 3.63) is 29.8 Å². The largest absolute Gasteiger partial charge is 0.494 e. The second kappa shape index (κ2) is 9.22. The van der Waals surface area contributed by atoms with Crippen molar-refractivity contribution in [3.8, 4) is 5.75 Å². The van der Waals surface area contributed by atoms with Crippen LogP contribution in [-0.2, 0) is 0 Å². The molecule has 0 aliphatic heterocycles. The van der Waals surface area contributed by atoms with E-state index >= 15 is 0 Å². The average molecular weight is 223 g/mol. The molecule has 0 heterocycles. The molecule has 0 radical (unpaired) electrons. The zero-order valence-corrected chi connectivity index (χ0v) is 11.3. The lowest BCUT2D eigenvalue weighted by Gasteiger charge is -2.10. The number of hydrogen-bond donors (Lipinski definition) is 0. The molecule has 1 aromatic carbocycles. The van der Waals surface area contributed by atoms with Gasteiger partial charge in [0.15, 0.2) is 0 Å². The van der Waals surface area contributed by atoms with Crippen molar-refractivity contribution in [2.24, 2.45) is 0 Å². The van der Waals surface area contributed by atoms with Crippen LogP contribution in [0.3, 0.4) is 0 Å². The highest BCUT2D eigenvalue weighted by Gasteiger charge is 1.94. The van der Waals surface area contributed by atoms with E-state index in [1.54, 1.807) is 0 Å². The molecule has 92 valence electrons. The van der Waals surface area contributed by atoms with E-state index in [-0.39, 0.29) is 0 Å². The zero-order valence-electron chi connectivity index (χ0n) is 11.3. The molecule has 0 atom stereocenters. The summed E-state index contributed by atoms with van der Waals surface area (Å²) in [6, 6.07) is 8.18. The third-order valence-corrected chi connectivity index (χ3v) is 2.04. The number of rotatable bonds is 5. The van der Waals surface area contributed by atoms with Gasteiger partial charge >= 0.3 is 0 Å². The second-order valence-corrected chi connectivity index (χ2v) is 3.82. The van der Waals surface area contributed by atoms with Gasteiger partial charge in [0.2, 0.25) is 0 Å². The molecule has 0 aromatic heterocycles. The topological polar surface area (TPSA) is 12.5 Å². The van der Waals surface area contributed by atoms with E-state index in [0.29, 0.717) is 0 Å². The summed E-state index contributed by atoms with van der Waals surface area (Å²) in [5, 5.41) is 0. The van der Waals surface area contributed by atoms with Crippen LogP contribution < -0.4 is 4.74 Å². The Kier molecular flexibility index (Phi) is 8.64. The fourth-order valence-electron chi connectivity index (χ4n) is 1.21. The van der Waals surface area contributed by atoms with Gasteiger partial charge in [0.1, 0.15) is 5.75 Å². The molecule has 0 amide bonds. The van der Waals surface area contributed by atoms with Crippen LogP contribution >= 0.6 is 0 Å². The molecule has 0 saturated heterocycles. The molecule has 0 aliphatic carbocycles. The van der Waals surface area contributed by atoms with Crippen molar-refractivity contribution >= 4 is 0 Å². The number of hydrogen-bond acceptors (Lipinski definition) is 2. The van der Waals surface area contributed by atoms with Gasteiger partial charge in [-0.25, -0.2) is 0 Å². The highest BCUT2D eigenvalue weighted by atomic mass is 16.5. The Balaban J connectivity index is 0.00000106. The highest BCUT2D eigenvalue weighted by Crippen LogP contribution is 2.11. The van der Waals surface area contributed by atoms with Gasteiger partial charge in [0.25, 0.3) is 0 Å². The van der Waals surface area contributed by atoms with Crippen molar-refractivity contribution in [2.45, 2.75) is 27.2 Å². The molecule has 16 heavy (non-hydrogen) atoms. The third kappa shape index (κ3) is 7.30. The molecule has 0 spiro atoms. The van der Waals surface area contributed by atoms with Gasteiger partial charge in [-0.15, -0.1) is 0 Å². The molecule has 0 aliphatic rings. The van der Waals surface area contributed by atoms with Crippen LogP contribution in [0.4, 0.5) is 0 Å². The predicted molar refractivity (Wildman–Crippen MR) is 71.2 cm³/mol. The van der Waals surface area contributed by atoms with E-state index in [1.165, 1.54) is 5.56 Å². The summed E-state index contributed by atoms with van der Waals surface area (Å²) in [5.41, 5.74) is 1.27. The first-order valence-corrected chi connectivity index (χ1v) is 6.02. The molecule has 1 rings (SSSR count). The highest BCUT2D eigenvalue weighted by molar-refractivity contribution is 5.26. The lowest BCUT2D eigenvalue weighted by molar-refractivity contribution is 0.281. The average Bonchev–Trinajstić information content (AvgIpc) is 2.29. The predicted octanol–water partition coefficient (Wildman–Crippen LogP) is 3.35. The first kappa shape index (κ1) is 15.0. The van der Waals surface area contributed by atoms with Crippen molar-refractivity contribution < 1.29 is 4.74 Å². The summed E-state index contributed by atoms with van der Waals surface area (Å²) in [6.45, 7) is 7.95. The van der Waals surface area contributed by atoms with E-state index in [9.17, 15) is 0 Å². The number of aryl methyl sites for hydroxylation is 1. The van der Waals surface area contributed by atoms with Gasteiger partial charge in [0, 0.05) is 6.54 Å². The summed E-state index contributed by atoms with van der Waals surface area (Å²) in [4.78, 5) is 2.17. The van der Waals surface area contributed by atoms with E-state index in [0.717, 1.165) is 25.3 Å². The molecule has 0 unspecified atom stereocenters. The molecular formula is C14H25NO. The number of benzene rings is 1. The Labute approximate surface area is 100 Å². The lowest BCUT2D eigenvalue weighted by Crippen LogP contribution is -2.15. The van der Waals surface area contributed by atoms with Gasteiger partial charge in [-0.1, -0.05) is 31.5 Å². The van der Waals surface area contributed by atoms with Gasteiger partial charge < -0.3 is 9.64 Å². The van der Waals surface area contributed by atoms with Crippen LogP contribution in [0.2, 0.25) is 0 Å². The smallest absolute Gasteiger partial charge is 0.119 e. The van der Waals surface area contributed by atoms with Crippen molar-refractivity contribution in [1.29, 1.82) is 0 Å². The zero-order chi connectivity index (χ0) is 12.4. The van der Waals surface area contributed by atoms with Crippen LogP contribution in [-0.4, -0.2) is 32.1 Å². The van der Waals surface area contributed by atoms with Crippen molar-refractivity contribution in [3.63, 3.8) is 0 Å². The monoisotopic (exact) mass is 223 g/mol. The molecule has 1 aromatic rings. The van der Waals surface area contributed by atoms with E-state index in [2.05, 4.69) is 38.1 Å². The number of ether oxygens (including phenoxy) is 1. The summed E-state index contributed by atoms with van der Waals surface area (Å²) in [7, 11) is 4.15. The number of nitrogens with zero attached hydrogens (tertiary/aromatic N) is 1. The van der Waals surface area contributed by atoms with Gasteiger partial charge in [-0.05, 0) is 39.6 Å². The van der Waals surface area contributed by atoms with E-state index in [4.69, 9.17) is 4.74 Å². The minimum Gasteiger partial charge on any atom is -0.494 e. The summed E-state index contributed by atoms with van der Waals surface area (Å²) < 4.78 is 5.58. The third-order valence-electron chi connectivity index (χ3n) is 2.04. The van der Waals surface area contributed by atoms with Crippen LogP contribution in [0.25, 0.3) is 0 Å². The fraction of sp³-hybridized carbons (Fsp3) is 0.571. The van der Waals surface area contributed by atoms with Gasteiger partial charge in [-0.2, -0.15) is 0 Å². The lowest BCUT2D eigenvalue weighted by atomic mass is 10.2. The van der Waals surface area contributed by atoms with Crippen LogP contribution in [0.5, 0.6) is 5.75 Å². The van der Waals surface area contributed by atoms with E-state index < -0.39 is 0 Å². The van der Waals surface area contributed by atoms with Crippen LogP contribution in [0, 0.1) is 6.92 Å². The minimum atomic E-state index is 0.793. The molecule has 0 fully saturated rings. The summed E-state index contributed by atoms with van der Waals surface area (Å²) in [6.07, 6.45) is 1.07. The first-order chi connectivity index (χ1) is 7.68. The van der Waals surface area contributed by atoms with Gasteiger partial charge in [-0.3, -0.25) is 0 Å². The maximum absolute atomic E-state index is 5.58. The molecule has 0 saturated carbocycles. The molecule has 2 nitrogen and oxygen atoms in total. The molecule has 0 N–H and O–H groups in total. The Bertz CT molecular complexity index is 254. The molecule has 2 heteroatoms. The standard InChI is InChI=1S/C12H19NO.C2H6/c1-11-5-7-12(8-6-11)14-10-4-9-13(2)3;1-2/h5-8H,4,9-10H2,1-3H3;1-2H3. The maximum Gasteiger partial charge on any atom is 0.119 e. The van der Waals surface area contributed by atoms with Gasteiger partial charge in [0.05, 0.1) is 6.61 Å². The first-order valence-electron chi connectivity index (χ1n) is 6.02. The second-order valence-electron chi connectivity index (χ2n) is 3.82. The Morgan fingerprint density at radius 1 is 1.06 bits per heavy atom. The Morgan fingerprint density at radius 3 is 2.12 bits per heavy atom. The SMILES string of the molecule is CC.Cc1ccc(OCCCN(C)C)cc1. The Morgan fingerprint density at radius 2 is 1.62 bits per heavy atom. The van der Waals surface area contributed by atoms with E-state index in [1.807, 2.05) is 26.0 Å².